The molecule has 1 heterocycles. The number of aromatic nitrogens is 2. The van der Waals surface area contributed by atoms with Crippen LogP contribution in [0.3, 0.4) is 0 Å². The quantitative estimate of drug-likeness (QED) is 0.381. The summed E-state index contributed by atoms with van der Waals surface area (Å²) in [7, 11) is 0. The summed E-state index contributed by atoms with van der Waals surface area (Å²) < 4.78 is 0. The topological polar surface area (TPSA) is 50.5 Å². The zero-order valence-corrected chi connectivity index (χ0v) is 20.6. The van der Waals surface area contributed by atoms with E-state index >= 15 is 0 Å². The van der Waals surface area contributed by atoms with Gasteiger partial charge in [0.15, 0.2) is 5.82 Å². The summed E-state index contributed by atoms with van der Waals surface area (Å²) >= 11 is 0. The molecule has 0 fully saturated rings. The minimum Gasteiger partial charge on any atom is -0.251 e. The third-order valence-electron chi connectivity index (χ3n) is 5.54. The molecule has 3 aromatic rings. The van der Waals surface area contributed by atoms with E-state index in [0.29, 0.717) is 17.7 Å². The third-order valence-corrected chi connectivity index (χ3v) is 5.54. The summed E-state index contributed by atoms with van der Waals surface area (Å²) in [6.07, 6.45) is 1.78. The van der Waals surface area contributed by atoms with Gasteiger partial charge in [0.1, 0.15) is 0 Å². The molecule has 1 aromatic heterocycles. The molecule has 0 atom stereocenters. The first-order valence-corrected chi connectivity index (χ1v) is 11.3. The maximum atomic E-state index is 4.91. The van der Waals surface area contributed by atoms with Crippen molar-refractivity contribution in [3.05, 3.63) is 82.4 Å². The molecule has 0 bridgehead atoms. The van der Waals surface area contributed by atoms with Gasteiger partial charge in [-0.25, -0.2) is 15.0 Å². The Hall–Kier alpha value is -3.14. The second kappa shape index (κ2) is 9.99. The average Bonchev–Trinajstić information content (AvgIpc) is 2.75. The summed E-state index contributed by atoms with van der Waals surface area (Å²) in [5.74, 6) is 1.43. The monoisotopic (exact) mass is 426 g/mol. The molecule has 0 saturated carbocycles. The van der Waals surface area contributed by atoms with Crippen LogP contribution >= 0.6 is 0 Å². The number of nitrogens with zero attached hydrogens (tertiary/aromatic N) is 4. The summed E-state index contributed by atoms with van der Waals surface area (Å²) in [5, 5.41) is 0. The van der Waals surface area contributed by atoms with E-state index < -0.39 is 0 Å². The largest absolute Gasteiger partial charge is 0.251 e. The fourth-order valence-electron chi connectivity index (χ4n) is 3.68. The zero-order valence-electron chi connectivity index (χ0n) is 20.6. The molecule has 4 heteroatoms. The molecule has 3 rings (SSSR count). The van der Waals surface area contributed by atoms with Gasteiger partial charge in [-0.3, -0.25) is 4.99 Å². The molecular formula is C28H34N4. The number of rotatable bonds is 6. The van der Waals surface area contributed by atoms with Gasteiger partial charge in [-0.15, -0.1) is 0 Å². The lowest BCUT2D eigenvalue weighted by atomic mass is 9.99. The van der Waals surface area contributed by atoms with Crippen LogP contribution in [0.15, 0.2) is 58.6 Å². The van der Waals surface area contributed by atoms with E-state index in [2.05, 4.69) is 82.9 Å². The summed E-state index contributed by atoms with van der Waals surface area (Å²) in [5.41, 5.74) is 9.42. The van der Waals surface area contributed by atoms with Crippen molar-refractivity contribution in [2.75, 3.05) is 0 Å². The van der Waals surface area contributed by atoms with E-state index in [0.717, 1.165) is 28.5 Å². The summed E-state index contributed by atoms with van der Waals surface area (Å²) in [4.78, 5) is 19.0. The van der Waals surface area contributed by atoms with Crippen molar-refractivity contribution in [3.63, 3.8) is 0 Å². The van der Waals surface area contributed by atoms with Crippen LogP contribution in [0.2, 0.25) is 0 Å². The predicted octanol–water partition coefficient (Wildman–Crippen LogP) is 7.62. The number of hydrogen-bond donors (Lipinski definition) is 0. The molecule has 32 heavy (non-hydrogen) atoms. The Bertz CT molecular complexity index is 1080. The third kappa shape index (κ3) is 5.56. The van der Waals surface area contributed by atoms with Gasteiger partial charge < -0.3 is 0 Å². The van der Waals surface area contributed by atoms with Gasteiger partial charge in [0.05, 0.1) is 28.5 Å². The zero-order chi connectivity index (χ0) is 23.4. The van der Waals surface area contributed by atoms with Crippen LogP contribution in [-0.2, 0) is 0 Å². The van der Waals surface area contributed by atoms with Crippen LogP contribution in [0.5, 0.6) is 0 Å². The van der Waals surface area contributed by atoms with Crippen LogP contribution in [0.4, 0.5) is 11.4 Å². The molecule has 0 saturated heterocycles. The van der Waals surface area contributed by atoms with Crippen molar-refractivity contribution in [3.8, 4) is 0 Å². The molecule has 0 radical (unpaired) electrons. The minimum absolute atomic E-state index is 0.396. The van der Waals surface area contributed by atoms with Crippen molar-refractivity contribution in [1.29, 1.82) is 0 Å². The van der Waals surface area contributed by atoms with Crippen LogP contribution in [0, 0.1) is 13.8 Å². The van der Waals surface area contributed by atoms with E-state index in [1.54, 1.807) is 6.20 Å². The highest BCUT2D eigenvalue weighted by atomic mass is 14.9. The fraction of sp³-hybridized carbons (Fsp3) is 0.357. The fourth-order valence-corrected chi connectivity index (χ4v) is 3.68. The lowest BCUT2D eigenvalue weighted by Crippen LogP contribution is -2.08. The molecule has 0 unspecified atom stereocenters. The van der Waals surface area contributed by atoms with Gasteiger partial charge in [-0.1, -0.05) is 63.1 Å². The average molecular weight is 427 g/mol. The van der Waals surface area contributed by atoms with Gasteiger partial charge in [-0.2, -0.15) is 0 Å². The molecule has 166 valence electrons. The Morgan fingerprint density at radius 3 is 1.72 bits per heavy atom. The molecule has 0 N–H and O–H groups in total. The van der Waals surface area contributed by atoms with Crippen molar-refractivity contribution < 1.29 is 0 Å². The number of aryl methyl sites for hydroxylation is 2. The molecule has 0 aliphatic rings. The molecular weight excluding hydrogens is 392 g/mol. The Morgan fingerprint density at radius 2 is 1.22 bits per heavy atom. The lowest BCUT2D eigenvalue weighted by Gasteiger charge is -2.12. The minimum atomic E-state index is 0.396. The second-order valence-electron chi connectivity index (χ2n) is 9.09. The molecule has 2 aromatic carbocycles. The predicted molar refractivity (Wildman–Crippen MR) is 136 cm³/mol. The molecule has 0 aliphatic carbocycles. The molecule has 0 amide bonds. The summed E-state index contributed by atoms with van der Waals surface area (Å²) in [6.45, 7) is 17.0. The number of aliphatic imine (C=N–C) groups is 2. The Morgan fingerprint density at radius 1 is 0.719 bits per heavy atom. The van der Waals surface area contributed by atoms with Crippen molar-refractivity contribution in [2.24, 2.45) is 9.98 Å². The number of benzene rings is 2. The van der Waals surface area contributed by atoms with Gasteiger partial charge in [-0.05, 0) is 68.9 Å². The number of hydrogen-bond acceptors (Lipinski definition) is 4. The van der Waals surface area contributed by atoms with E-state index in [-0.39, 0.29) is 0 Å². The Balaban J connectivity index is 1.97. The molecule has 4 nitrogen and oxygen atoms in total. The van der Waals surface area contributed by atoms with Gasteiger partial charge in [0.2, 0.25) is 0 Å². The second-order valence-corrected chi connectivity index (χ2v) is 9.09. The smallest absolute Gasteiger partial charge is 0.174 e. The SMILES string of the molecule is CC(=Nc1ccc(C)cc1C(C)C)c1ccnc(C(C)=Nc2ccc(C)cc2C(C)C)n1. The van der Waals surface area contributed by atoms with Crippen LogP contribution in [0.25, 0.3) is 0 Å². The van der Waals surface area contributed by atoms with Crippen molar-refractivity contribution >= 4 is 22.8 Å². The maximum Gasteiger partial charge on any atom is 0.174 e. The highest BCUT2D eigenvalue weighted by Gasteiger charge is 2.11. The molecule has 0 spiro atoms. The van der Waals surface area contributed by atoms with E-state index in [9.17, 15) is 0 Å². The first kappa shape index (κ1) is 23.5. The Labute approximate surface area is 192 Å². The van der Waals surface area contributed by atoms with E-state index in [4.69, 9.17) is 15.0 Å². The highest BCUT2D eigenvalue weighted by Crippen LogP contribution is 2.29. The van der Waals surface area contributed by atoms with Crippen LogP contribution in [0.1, 0.15) is 87.2 Å². The van der Waals surface area contributed by atoms with Crippen molar-refractivity contribution in [1.82, 2.24) is 9.97 Å². The van der Waals surface area contributed by atoms with Crippen LogP contribution in [-0.4, -0.2) is 21.4 Å². The van der Waals surface area contributed by atoms with E-state index in [1.807, 2.05) is 19.9 Å². The first-order chi connectivity index (χ1) is 15.2. The maximum absolute atomic E-state index is 4.91. The van der Waals surface area contributed by atoms with Crippen molar-refractivity contribution in [2.45, 2.75) is 67.2 Å². The van der Waals surface area contributed by atoms with E-state index in [1.165, 1.54) is 22.3 Å². The normalized spacial score (nSPS) is 12.7. The standard InChI is InChI=1S/C28H34N4/c1-17(2)23-15-19(5)9-11-26(23)30-21(7)25-13-14-29-28(32-25)22(8)31-27-12-10-20(6)16-24(27)18(3)4/h9-18H,1-8H3. The van der Waals surface area contributed by atoms with Crippen LogP contribution < -0.4 is 0 Å². The summed E-state index contributed by atoms with van der Waals surface area (Å²) in [6, 6.07) is 14.7. The van der Waals surface area contributed by atoms with Gasteiger partial charge in [0.25, 0.3) is 0 Å². The Kier molecular flexibility index (Phi) is 7.34. The first-order valence-electron chi connectivity index (χ1n) is 11.3. The van der Waals surface area contributed by atoms with Gasteiger partial charge in [0, 0.05) is 6.20 Å². The molecule has 0 aliphatic heterocycles. The van der Waals surface area contributed by atoms with Gasteiger partial charge >= 0.3 is 0 Å². The highest BCUT2D eigenvalue weighted by molar-refractivity contribution is 6.01. The lowest BCUT2D eigenvalue weighted by molar-refractivity contribution is 0.865.